The zero-order chi connectivity index (χ0) is 23.3. The average molecular weight is 443 g/mol. The highest BCUT2D eigenvalue weighted by atomic mass is 19.1. The van der Waals surface area contributed by atoms with Crippen LogP contribution in [0.25, 0.3) is 0 Å². The maximum Gasteiger partial charge on any atom is 0.225 e. The molecule has 0 unspecified atom stereocenters. The van der Waals surface area contributed by atoms with E-state index in [9.17, 15) is 14.0 Å². The predicted molar refractivity (Wildman–Crippen MR) is 120 cm³/mol. The highest BCUT2D eigenvalue weighted by Crippen LogP contribution is 2.42. The molecule has 1 aliphatic rings. The van der Waals surface area contributed by atoms with Crippen molar-refractivity contribution in [3.8, 4) is 11.5 Å². The van der Waals surface area contributed by atoms with Crippen molar-refractivity contribution in [2.24, 2.45) is 11.8 Å². The van der Waals surface area contributed by atoms with Gasteiger partial charge in [-0.05, 0) is 29.7 Å². The fourth-order valence-electron chi connectivity index (χ4n) is 4.19. The number of likely N-dealkylation sites (tertiary alicyclic amines) is 1. The largest absolute Gasteiger partial charge is 0.493 e. The lowest BCUT2D eigenvalue weighted by Gasteiger charge is -2.21. The molecule has 0 spiro atoms. The third-order valence-corrected chi connectivity index (χ3v) is 5.81. The van der Waals surface area contributed by atoms with Gasteiger partial charge in [-0.25, -0.2) is 4.39 Å². The van der Waals surface area contributed by atoms with Crippen molar-refractivity contribution in [3.63, 3.8) is 0 Å². The average Bonchev–Trinajstić information content (AvgIpc) is 3.23. The molecule has 1 saturated heterocycles. The summed E-state index contributed by atoms with van der Waals surface area (Å²) in [5.41, 5.74) is 1.65. The van der Waals surface area contributed by atoms with Crippen molar-refractivity contribution in [1.82, 2.24) is 10.2 Å². The predicted octanol–water partition coefficient (Wildman–Crippen LogP) is 3.75. The Hall–Kier alpha value is -3.09. The summed E-state index contributed by atoms with van der Waals surface area (Å²) < 4.78 is 24.2. The van der Waals surface area contributed by atoms with E-state index >= 15 is 0 Å². The fourth-order valence-corrected chi connectivity index (χ4v) is 4.19. The number of carbonyl (C=O) groups is 2. The molecule has 1 heterocycles. The molecule has 0 saturated carbocycles. The summed E-state index contributed by atoms with van der Waals surface area (Å²) in [4.78, 5) is 27.8. The lowest BCUT2D eigenvalue weighted by molar-refractivity contribution is -0.131. The van der Waals surface area contributed by atoms with Gasteiger partial charge in [0.1, 0.15) is 5.82 Å². The number of nitrogens with one attached hydrogen (secondary N) is 1. The molecule has 1 N–H and O–H groups in total. The number of nitrogens with zero attached hydrogens (tertiary/aromatic N) is 1. The molecule has 2 atom stereocenters. The smallest absolute Gasteiger partial charge is 0.225 e. The molecule has 2 aromatic carbocycles. The van der Waals surface area contributed by atoms with Crippen LogP contribution in [0.3, 0.4) is 0 Å². The Kier molecular flexibility index (Phi) is 7.72. The Morgan fingerprint density at radius 1 is 1.09 bits per heavy atom. The van der Waals surface area contributed by atoms with E-state index in [1.54, 1.807) is 31.3 Å². The summed E-state index contributed by atoms with van der Waals surface area (Å²) >= 11 is 0. The summed E-state index contributed by atoms with van der Waals surface area (Å²) in [6.45, 7) is 5.07. The zero-order valence-corrected chi connectivity index (χ0v) is 19.1. The van der Waals surface area contributed by atoms with Crippen molar-refractivity contribution in [2.75, 3.05) is 27.3 Å². The number of methoxy groups -OCH3 is 2. The Labute approximate surface area is 188 Å². The van der Waals surface area contributed by atoms with E-state index in [2.05, 4.69) is 5.32 Å². The normalized spacial score (nSPS) is 18.0. The van der Waals surface area contributed by atoms with Crippen molar-refractivity contribution >= 4 is 11.8 Å². The quantitative estimate of drug-likeness (QED) is 0.676. The maximum atomic E-state index is 13.2. The molecule has 32 heavy (non-hydrogen) atoms. The molecule has 0 aliphatic carbocycles. The third-order valence-electron chi connectivity index (χ3n) is 5.81. The van der Waals surface area contributed by atoms with E-state index in [4.69, 9.17) is 9.47 Å². The molecule has 1 aliphatic heterocycles. The first-order valence-corrected chi connectivity index (χ1v) is 10.8. The molecule has 7 heteroatoms. The minimum Gasteiger partial charge on any atom is -0.493 e. The van der Waals surface area contributed by atoms with Crippen molar-refractivity contribution in [1.29, 1.82) is 0 Å². The first kappa shape index (κ1) is 23.6. The minimum atomic E-state index is -0.437. The van der Waals surface area contributed by atoms with Crippen molar-refractivity contribution < 1.29 is 23.5 Å². The second kappa shape index (κ2) is 10.5. The SMILES string of the molecule is COc1cccc([C@H]2CN(C(=O)CC(C)C)C[C@H]2C(=O)NCc2ccc(F)cc2)c1OC. The van der Waals surface area contributed by atoms with E-state index in [0.29, 0.717) is 31.0 Å². The molecule has 172 valence electrons. The molecular formula is C25H31FN2O4. The van der Waals surface area contributed by atoms with Crippen LogP contribution in [0.15, 0.2) is 42.5 Å². The number of carbonyl (C=O) groups excluding carboxylic acids is 2. The molecule has 0 aromatic heterocycles. The summed E-state index contributed by atoms with van der Waals surface area (Å²) in [6.07, 6.45) is 0.436. The molecule has 0 radical (unpaired) electrons. The van der Waals surface area contributed by atoms with Crippen LogP contribution in [0.1, 0.15) is 37.3 Å². The molecular weight excluding hydrogens is 411 g/mol. The highest BCUT2D eigenvalue weighted by molar-refractivity contribution is 5.83. The lowest BCUT2D eigenvalue weighted by atomic mass is 9.87. The molecule has 0 bridgehead atoms. The molecule has 3 rings (SSSR count). The van der Waals surface area contributed by atoms with Crippen LogP contribution in [0.2, 0.25) is 0 Å². The Bertz CT molecular complexity index is 945. The first-order chi connectivity index (χ1) is 15.3. The van der Waals surface area contributed by atoms with Gasteiger partial charge < -0.3 is 19.7 Å². The van der Waals surface area contributed by atoms with E-state index in [-0.39, 0.29) is 36.0 Å². The van der Waals surface area contributed by atoms with Gasteiger partial charge in [-0.1, -0.05) is 38.1 Å². The Balaban J connectivity index is 1.85. The van der Waals surface area contributed by atoms with Gasteiger partial charge in [-0.2, -0.15) is 0 Å². The maximum absolute atomic E-state index is 13.2. The van der Waals surface area contributed by atoms with E-state index in [1.165, 1.54) is 12.1 Å². The molecule has 2 amide bonds. The van der Waals surface area contributed by atoms with Gasteiger partial charge in [-0.3, -0.25) is 9.59 Å². The van der Waals surface area contributed by atoms with Gasteiger partial charge >= 0.3 is 0 Å². The minimum absolute atomic E-state index is 0.0423. The van der Waals surface area contributed by atoms with Gasteiger partial charge in [0.15, 0.2) is 11.5 Å². The second-order valence-electron chi connectivity index (χ2n) is 8.54. The number of hydrogen-bond donors (Lipinski definition) is 1. The van der Waals surface area contributed by atoms with Crippen LogP contribution in [-0.4, -0.2) is 44.0 Å². The van der Waals surface area contributed by atoms with E-state index in [0.717, 1.165) is 11.1 Å². The molecule has 2 aromatic rings. The topological polar surface area (TPSA) is 67.9 Å². The number of rotatable bonds is 8. The van der Waals surface area contributed by atoms with Crippen molar-refractivity contribution in [3.05, 3.63) is 59.4 Å². The van der Waals surface area contributed by atoms with Crippen LogP contribution in [0.4, 0.5) is 4.39 Å². The van der Waals surface area contributed by atoms with Gasteiger partial charge in [0.2, 0.25) is 11.8 Å². The molecule has 6 nitrogen and oxygen atoms in total. The summed E-state index contributed by atoms with van der Waals surface area (Å²) in [6, 6.07) is 11.6. The summed E-state index contributed by atoms with van der Waals surface area (Å²) in [7, 11) is 3.14. The van der Waals surface area contributed by atoms with Crippen LogP contribution in [0.5, 0.6) is 11.5 Å². The van der Waals surface area contributed by atoms with Crippen LogP contribution < -0.4 is 14.8 Å². The second-order valence-corrected chi connectivity index (χ2v) is 8.54. The van der Waals surface area contributed by atoms with E-state index in [1.807, 2.05) is 32.0 Å². The molecule has 1 fully saturated rings. The fraction of sp³-hybridized carbons (Fsp3) is 0.440. The Morgan fingerprint density at radius 3 is 2.44 bits per heavy atom. The Morgan fingerprint density at radius 2 is 1.81 bits per heavy atom. The first-order valence-electron chi connectivity index (χ1n) is 10.8. The van der Waals surface area contributed by atoms with Crippen LogP contribution in [-0.2, 0) is 16.1 Å². The van der Waals surface area contributed by atoms with Gasteiger partial charge in [-0.15, -0.1) is 0 Å². The van der Waals surface area contributed by atoms with Gasteiger partial charge in [0.05, 0.1) is 20.1 Å². The van der Waals surface area contributed by atoms with Crippen LogP contribution in [0, 0.1) is 17.7 Å². The number of hydrogen-bond acceptors (Lipinski definition) is 4. The summed E-state index contributed by atoms with van der Waals surface area (Å²) in [5, 5.41) is 2.96. The zero-order valence-electron chi connectivity index (χ0n) is 19.1. The number of benzene rings is 2. The highest BCUT2D eigenvalue weighted by Gasteiger charge is 2.41. The van der Waals surface area contributed by atoms with Crippen molar-refractivity contribution in [2.45, 2.75) is 32.7 Å². The van der Waals surface area contributed by atoms with Gasteiger partial charge in [0, 0.05) is 37.5 Å². The number of amides is 2. The number of ether oxygens (including phenoxy) is 2. The van der Waals surface area contributed by atoms with E-state index < -0.39 is 5.92 Å². The monoisotopic (exact) mass is 442 g/mol. The summed E-state index contributed by atoms with van der Waals surface area (Å²) in [5.74, 6) is 0.303. The number of para-hydroxylation sites is 1. The lowest BCUT2D eigenvalue weighted by Crippen LogP contribution is -2.35. The number of halogens is 1. The van der Waals surface area contributed by atoms with Gasteiger partial charge in [0.25, 0.3) is 0 Å². The third kappa shape index (κ3) is 5.39. The standard InChI is InChI=1S/C25H31FN2O4/c1-16(2)12-23(29)28-14-20(19-6-5-7-22(31-3)24(19)32-4)21(15-28)25(30)27-13-17-8-10-18(26)11-9-17/h5-11,16,20-21H,12-15H2,1-4H3,(H,27,30)/t20-,21-/m1/s1. The van der Waals surface area contributed by atoms with Crippen LogP contribution >= 0.6 is 0 Å².